The predicted octanol–water partition coefficient (Wildman–Crippen LogP) is 0.192. The second-order valence-corrected chi connectivity index (χ2v) is 5.96. The first kappa shape index (κ1) is 17.2. The zero-order chi connectivity index (χ0) is 17.0. The fraction of sp³-hybridized carbons (Fsp3) is 0.562. The van der Waals surface area contributed by atoms with Gasteiger partial charge < -0.3 is 15.4 Å². The molecule has 1 atom stereocenters. The van der Waals surface area contributed by atoms with Crippen LogP contribution in [-0.4, -0.2) is 61.7 Å². The zero-order valence-electron chi connectivity index (χ0n) is 13.9. The lowest BCUT2D eigenvalue weighted by Crippen LogP contribution is -2.48. The van der Waals surface area contributed by atoms with Gasteiger partial charge in [-0.25, -0.2) is 0 Å². The smallest absolute Gasteiger partial charge is 0.231 e. The lowest BCUT2D eigenvalue weighted by atomic mass is 10.1. The molecular weight excluding hydrogens is 294 g/mol. The molecule has 0 spiro atoms. The quantitative estimate of drug-likeness (QED) is 0.833. The molecule has 1 amide bonds. The molecule has 1 aliphatic rings. The van der Waals surface area contributed by atoms with Gasteiger partial charge in [0.05, 0.1) is 36.2 Å². The lowest BCUT2D eigenvalue weighted by molar-refractivity contribution is -0.119. The number of pyridine rings is 1. The number of aryl methyl sites for hydroxylation is 2. The maximum absolute atomic E-state index is 11.0. The number of hydrogen-bond acceptors (Lipinski definition) is 6. The molecule has 0 unspecified atom stereocenters. The van der Waals surface area contributed by atoms with E-state index in [1.165, 1.54) is 0 Å². The number of hydrogen-bond donors (Lipinski definition) is 1. The summed E-state index contributed by atoms with van der Waals surface area (Å²) in [6, 6.07) is 4.20. The van der Waals surface area contributed by atoms with Crippen molar-refractivity contribution in [2.45, 2.75) is 20.0 Å². The van der Waals surface area contributed by atoms with Gasteiger partial charge in [-0.2, -0.15) is 5.26 Å². The van der Waals surface area contributed by atoms with Crippen molar-refractivity contribution in [1.82, 2.24) is 9.88 Å². The van der Waals surface area contributed by atoms with Crippen LogP contribution in [0.5, 0.6) is 0 Å². The number of aromatic nitrogens is 1. The molecule has 0 saturated carbocycles. The average Bonchev–Trinajstić information content (AvgIpc) is 2.45. The molecule has 0 aromatic carbocycles. The Morgan fingerprint density at radius 2 is 2.35 bits per heavy atom. The van der Waals surface area contributed by atoms with Crippen molar-refractivity contribution in [1.29, 1.82) is 5.26 Å². The minimum absolute atomic E-state index is 0.0339. The molecule has 2 rings (SSSR count). The molecule has 7 heteroatoms. The normalized spacial score (nSPS) is 18.0. The summed E-state index contributed by atoms with van der Waals surface area (Å²) >= 11 is 0. The van der Waals surface area contributed by atoms with Gasteiger partial charge in [-0.05, 0) is 27.0 Å². The zero-order valence-corrected chi connectivity index (χ0v) is 13.9. The number of likely N-dealkylation sites (N-methyl/N-ethyl adjacent to an activating group) is 1. The van der Waals surface area contributed by atoms with Crippen LogP contribution in [0.2, 0.25) is 0 Å². The average molecular weight is 317 g/mol. The van der Waals surface area contributed by atoms with Gasteiger partial charge >= 0.3 is 0 Å². The Balaban J connectivity index is 2.13. The Hall–Kier alpha value is -2.17. The summed E-state index contributed by atoms with van der Waals surface area (Å²) in [5.41, 5.74) is 8.37. The van der Waals surface area contributed by atoms with Gasteiger partial charge in [-0.15, -0.1) is 0 Å². The minimum Gasteiger partial charge on any atom is -0.373 e. The number of carbonyl (C=O) groups is 1. The summed E-state index contributed by atoms with van der Waals surface area (Å²) in [5.74, 6) is -0.354. The van der Waals surface area contributed by atoms with Gasteiger partial charge in [0.1, 0.15) is 6.07 Å². The van der Waals surface area contributed by atoms with E-state index in [1.807, 2.05) is 31.9 Å². The van der Waals surface area contributed by atoms with Gasteiger partial charge in [-0.1, -0.05) is 0 Å². The molecule has 1 aliphatic heterocycles. The number of anilines is 1. The fourth-order valence-electron chi connectivity index (χ4n) is 2.92. The number of nitrogens with two attached hydrogens (primary N) is 1. The third-order valence-electron chi connectivity index (χ3n) is 3.84. The van der Waals surface area contributed by atoms with E-state index in [0.717, 1.165) is 23.6 Å². The number of rotatable bonds is 5. The molecule has 1 aromatic heterocycles. The highest BCUT2D eigenvalue weighted by Gasteiger charge is 2.24. The van der Waals surface area contributed by atoms with Crippen LogP contribution in [-0.2, 0) is 9.53 Å². The molecule has 23 heavy (non-hydrogen) atoms. The van der Waals surface area contributed by atoms with E-state index in [9.17, 15) is 10.1 Å². The van der Waals surface area contributed by atoms with E-state index in [4.69, 9.17) is 10.5 Å². The van der Waals surface area contributed by atoms with Crippen LogP contribution in [0.15, 0.2) is 6.07 Å². The second kappa shape index (κ2) is 7.40. The molecule has 2 N–H and O–H groups in total. The van der Waals surface area contributed by atoms with Crippen LogP contribution in [0.1, 0.15) is 17.0 Å². The summed E-state index contributed by atoms with van der Waals surface area (Å²) in [7, 11) is 1.84. The SMILES string of the molecule is Cc1cc(N2CCO[C@H](CN(C)CC(N)=O)C2)c(C#N)c(C)n1. The van der Waals surface area contributed by atoms with Crippen molar-refractivity contribution in [3.8, 4) is 6.07 Å². The van der Waals surface area contributed by atoms with Crippen molar-refractivity contribution in [3.63, 3.8) is 0 Å². The first-order chi connectivity index (χ1) is 10.9. The molecule has 0 radical (unpaired) electrons. The summed E-state index contributed by atoms with van der Waals surface area (Å²) in [5, 5.41) is 9.42. The van der Waals surface area contributed by atoms with E-state index in [1.54, 1.807) is 0 Å². The molecule has 0 bridgehead atoms. The highest BCUT2D eigenvalue weighted by atomic mass is 16.5. The minimum atomic E-state index is -0.354. The van der Waals surface area contributed by atoms with Crippen molar-refractivity contribution in [3.05, 3.63) is 23.0 Å². The first-order valence-corrected chi connectivity index (χ1v) is 7.62. The number of carbonyl (C=O) groups excluding carboxylic acids is 1. The predicted molar refractivity (Wildman–Crippen MR) is 87.1 cm³/mol. The van der Waals surface area contributed by atoms with Gasteiger partial charge in [0.15, 0.2) is 0 Å². The number of primary amides is 1. The third kappa shape index (κ3) is 4.41. The topological polar surface area (TPSA) is 95.5 Å². The van der Waals surface area contributed by atoms with Crippen LogP contribution in [0, 0.1) is 25.2 Å². The number of ether oxygens (including phenoxy) is 1. The molecule has 124 valence electrons. The van der Waals surface area contributed by atoms with Crippen molar-refractivity contribution >= 4 is 11.6 Å². The highest BCUT2D eigenvalue weighted by molar-refractivity contribution is 5.75. The van der Waals surface area contributed by atoms with Crippen LogP contribution in [0.25, 0.3) is 0 Å². The summed E-state index contributed by atoms with van der Waals surface area (Å²) < 4.78 is 5.78. The van der Waals surface area contributed by atoms with Crippen molar-refractivity contribution in [2.75, 3.05) is 44.7 Å². The number of nitriles is 1. The Morgan fingerprint density at radius 1 is 1.61 bits per heavy atom. The Morgan fingerprint density at radius 3 is 3.00 bits per heavy atom. The first-order valence-electron chi connectivity index (χ1n) is 7.62. The summed E-state index contributed by atoms with van der Waals surface area (Å²) in [6.07, 6.45) is -0.0339. The molecule has 1 aromatic rings. The van der Waals surface area contributed by atoms with E-state index in [-0.39, 0.29) is 18.6 Å². The Kier molecular flexibility index (Phi) is 5.53. The number of nitrogens with zero attached hydrogens (tertiary/aromatic N) is 4. The van der Waals surface area contributed by atoms with Gasteiger partial charge in [0.25, 0.3) is 0 Å². The summed E-state index contributed by atoms with van der Waals surface area (Å²) in [4.78, 5) is 19.4. The third-order valence-corrected chi connectivity index (χ3v) is 3.84. The van der Waals surface area contributed by atoms with Crippen LogP contribution >= 0.6 is 0 Å². The molecule has 1 saturated heterocycles. The molecule has 1 fully saturated rings. The highest BCUT2D eigenvalue weighted by Crippen LogP contribution is 2.25. The van der Waals surface area contributed by atoms with Crippen molar-refractivity contribution < 1.29 is 9.53 Å². The van der Waals surface area contributed by atoms with Gasteiger partial charge in [-0.3, -0.25) is 14.7 Å². The second-order valence-electron chi connectivity index (χ2n) is 5.96. The Bertz CT molecular complexity index is 626. The monoisotopic (exact) mass is 317 g/mol. The van der Waals surface area contributed by atoms with E-state index in [2.05, 4.69) is 16.0 Å². The Labute approximate surface area is 136 Å². The molecule has 2 heterocycles. The van der Waals surface area contributed by atoms with Crippen LogP contribution in [0.4, 0.5) is 5.69 Å². The van der Waals surface area contributed by atoms with E-state index >= 15 is 0 Å². The standard InChI is InChI=1S/C16H23N5O2/c1-11-6-15(14(7-17)12(2)19-11)21-4-5-23-13(9-21)8-20(3)10-16(18)22/h6,13H,4-5,8-10H2,1-3H3,(H2,18,22)/t13-/m1/s1. The maximum atomic E-state index is 11.0. The molecule has 7 nitrogen and oxygen atoms in total. The number of morpholine rings is 1. The van der Waals surface area contributed by atoms with Crippen LogP contribution < -0.4 is 10.6 Å². The van der Waals surface area contributed by atoms with Gasteiger partial charge in [0.2, 0.25) is 5.91 Å². The number of amides is 1. The van der Waals surface area contributed by atoms with Gasteiger partial charge in [0, 0.05) is 25.3 Å². The van der Waals surface area contributed by atoms with E-state index in [0.29, 0.717) is 25.3 Å². The lowest BCUT2D eigenvalue weighted by Gasteiger charge is -2.36. The molecule has 0 aliphatic carbocycles. The molecular formula is C16H23N5O2. The largest absolute Gasteiger partial charge is 0.373 e. The fourth-order valence-corrected chi connectivity index (χ4v) is 2.92. The summed E-state index contributed by atoms with van der Waals surface area (Å²) in [6.45, 7) is 6.58. The maximum Gasteiger partial charge on any atom is 0.231 e. The van der Waals surface area contributed by atoms with Crippen molar-refractivity contribution in [2.24, 2.45) is 5.73 Å². The van der Waals surface area contributed by atoms with Crippen LogP contribution in [0.3, 0.4) is 0 Å². The van der Waals surface area contributed by atoms with E-state index < -0.39 is 0 Å².